The highest BCUT2D eigenvalue weighted by atomic mass is 79.9. The van der Waals surface area contributed by atoms with Gasteiger partial charge in [-0.1, -0.05) is 22.0 Å². The fourth-order valence-corrected chi connectivity index (χ4v) is 2.29. The summed E-state index contributed by atoms with van der Waals surface area (Å²) in [6, 6.07) is 4.79. The summed E-state index contributed by atoms with van der Waals surface area (Å²) in [5, 5.41) is 0. The topological polar surface area (TPSA) is 44.5 Å². The third kappa shape index (κ3) is 2.72. The van der Waals surface area contributed by atoms with Crippen LogP contribution in [-0.4, -0.2) is 18.3 Å². The highest BCUT2D eigenvalue weighted by Gasteiger charge is 2.53. The van der Waals surface area contributed by atoms with Crippen molar-refractivity contribution in [2.45, 2.75) is 44.8 Å². The molecule has 0 spiro atoms. The van der Waals surface area contributed by atoms with Crippen molar-refractivity contribution in [3.63, 3.8) is 0 Å². The molecule has 3 nitrogen and oxygen atoms in total. The first-order valence-electron chi connectivity index (χ1n) is 6.20. The first-order valence-corrected chi connectivity index (χ1v) is 6.99. The highest BCUT2D eigenvalue weighted by Crippen LogP contribution is 2.39. The molecular weight excluding hydrogens is 312 g/mol. The van der Waals surface area contributed by atoms with E-state index in [1.807, 2.05) is 27.7 Å². The molecule has 1 aromatic carbocycles. The summed E-state index contributed by atoms with van der Waals surface area (Å²) in [4.78, 5) is 0. The monoisotopic (exact) mass is 329 g/mol. The third-order valence-corrected chi connectivity index (χ3v) is 4.38. The Balaban J connectivity index is 2.24. The molecular formula is C13H18BBrFNO2. The van der Waals surface area contributed by atoms with Crippen LogP contribution in [0.25, 0.3) is 0 Å². The minimum Gasteiger partial charge on any atom is -0.402 e. The van der Waals surface area contributed by atoms with Crippen LogP contribution in [0.1, 0.15) is 39.2 Å². The summed E-state index contributed by atoms with van der Waals surface area (Å²) in [7, 11) is -0.652. The lowest BCUT2D eigenvalue weighted by molar-refractivity contribution is 0.00578. The number of nitrogens with two attached hydrogens (primary N) is 1. The van der Waals surface area contributed by atoms with Crippen LogP contribution in [0.15, 0.2) is 22.7 Å². The van der Waals surface area contributed by atoms with Gasteiger partial charge in [-0.15, -0.1) is 0 Å². The Hall–Kier alpha value is -0.425. The van der Waals surface area contributed by atoms with Gasteiger partial charge in [0.05, 0.1) is 17.1 Å². The second-order valence-electron chi connectivity index (χ2n) is 5.82. The van der Waals surface area contributed by atoms with Gasteiger partial charge in [-0.05, 0) is 39.8 Å². The molecule has 6 heteroatoms. The molecule has 104 valence electrons. The van der Waals surface area contributed by atoms with Crippen LogP contribution in [0.3, 0.4) is 0 Å². The number of hydrogen-bond donors (Lipinski definition) is 1. The van der Waals surface area contributed by atoms with Gasteiger partial charge >= 0.3 is 7.12 Å². The minimum absolute atomic E-state index is 0.364. The van der Waals surface area contributed by atoms with E-state index in [1.165, 1.54) is 6.07 Å². The summed E-state index contributed by atoms with van der Waals surface area (Å²) in [5.41, 5.74) is 5.54. The molecule has 0 unspecified atom stereocenters. The normalized spacial score (nSPS) is 22.6. The summed E-state index contributed by atoms with van der Waals surface area (Å²) >= 11 is 3.22. The van der Waals surface area contributed by atoms with Gasteiger partial charge in [-0.25, -0.2) is 4.39 Å². The van der Waals surface area contributed by atoms with Crippen molar-refractivity contribution in [2.24, 2.45) is 5.73 Å². The van der Waals surface area contributed by atoms with Gasteiger partial charge in [0, 0.05) is 10.0 Å². The molecule has 0 saturated carbocycles. The zero-order valence-corrected chi connectivity index (χ0v) is 13.1. The van der Waals surface area contributed by atoms with E-state index in [0.29, 0.717) is 10.0 Å². The number of rotatable bonds is 2. The molecule has 0 aliphatic carbocycles. The SMILES string of the molecule is CC1(C)OB([C@@H](N)c2ccc(Br)cc2F)OC1(C)C. The molecule has 0 radical (unpaired) electrons. The molecule has 2 rings (SSSR count). The summed E-state index contributed by atoms with van der Waals surface area (Å²) in [6.07, 6.45) is 0. The smallest absolute Gasteiger partial charge is 0.402 e. The van der Waals surface area contributed by atoms with Crippen molar-refractivity contribution >= 4 is 23.0 Å². The quantitative estimate of drug-likeness (QED) is 0.847. The second kappa shape index (κ2) is 4.84. The molecule has 0 amide bonds. The molecule has 1 fully saturated rings. The number of halogens is 2. The van der Waals surface area contributed by atoms with Crippen molar-refractivity contribution in [2.75, 3.05) is 0 Å². The average molecular weight is 330 g/mol. The van der Waals surface area contributed by atoms with Gasteiger partial charge in [-0.2, -0.15) is 0 Å². The fraction of sp³-hybridized carbons (Fsp3) is 0.538. The van der Waals surface area contributed by atoms with Crippen LogP contribution in [-0.2, 0) is 9.31 Å². The van der Waals surface area contributed by atoms with Crippen LogP contribution in [0.5, 0.6) is 0 Å². The molecule has 1 heterocycles. The lowest BCUT2D eigenvalue weighted by Gasteiger charge is -2.32. The molecule has 1 aliphatic rings. The van der Waals surface area contributed by atoms with E-state index >= 15 is 0 Å². The van der Waals surface area contributed by atoms with Crippen LogP contribution in [0.2, 0.25) is 0 Å². The van der Waals surface area contributed by atoms with Crippen LogP contribution in [0.4, 0.5) is 4.39 Å². The molecule has 1 saturated heterocycles. The molecule has 1 aliphatic heterocycles. The van der Waals surface area contributed by atoms with E-state index < -0.39 is 24.3 Å². The van der Waals surface area contributed by atoms with E-state index in [0.717, 1.165) is 0 Å². The Morgan fingerprint density at radius 1 is 1.21 bits per heavy atom. The van der Waals surface area contributed by atoms with E-state index in [2.05, 4.69) is 15.9 Å². The largest absolute Gasteiger partial charge is 0.480 e. The maximum Gasteiger partial charge on any atom is 0.480 e. The minimum atomic E-state index is -0.658. The zero-order valence-electron chi connectivity index (χ0n) is 11.5. The van der Waals surface area contributed by atoms with E-state index in [4.69, 9.17) is 15.0 Å². The molecule has 1 atom stereocenters. The fourth-order valence-electron chi connectivity index (χ4n) is 1.95. The molecule has 19 heavy (non-hydrogen) atoms. The predicted molar refractivity (Wildman–Crippen MR) is 77.1 cm³/mol. The number of benzene rings is 1. The first-order chi connectivity index (χ1) is 8.64. The average Bonchev–Trinajstić information content (AvgIpc) is 2.47. The maximum atomic E-state index is 13.9. The van der Waals surface area contributed by atoms with Gasteiger partial charge in [-0.3, -0.25) is 0 Å². The zero-order chi connectivity index (χ0) is 14.4. The van der Waals surface area contributed by atoms with Crippen molar-refractivity contribution in [3.05, 3.63) is 34.1 Å². The van der Waals surface area contributed by atoms with Gasteiger partial charge < -0.3 is 15.0 Å². The molecule has 0 aromatic heterocycles. The van der Waals surface area contributed by atoms with Crippen molar-refractivity contribution in [3.8, 4) is 0 Å². The second-order valence-corrected chi connectivity index (χ2v) is 6.73. The van der Waals surface area contributed by atoms with E-state index in [1.54, 1.807) is 12.1 Å². The lowest BCUT2D eigenvalue weighted by atomic mass is 9.75. The summed E-state index contributed by atoms with van der Waals surface area (Å²) in [5.74, 6) is -1.02. The van der Waals surface area contributed by atoms with E-state index in [-0.39, 0.29) is 5.82 Å². The van der Waals surface area contributed by atoms with Gasteiger partial charge in [0.2, 0.25) is 0 Å². The Bertz CT molecular complexity index is 480. The first kappa shape index (κ1) is 15.0. The summed E-state index contributed by atoms with van der Waals surface area (Å²) < 4.78 is 26.3. The number of hydrogen-bond acceptors (Lipinski definition) is 3. The van der Waals surface area contributed by atoms with Crippen molar-refractivity contribution < 1.29 is 13.7 Å². The Morgan fingerprint density at radius 3 is 2.21 bits per heavy atom. The predicted octanol–water partition coefficient (Wildman–Crippen LogP) is 3.22. The highest BCUT2D eigenvalue weighted by molar-refractivity contribution is 9.10. The van der Waals surface area contributed by atoms with Gasteiger partial charge in [0.15, 0.2) is 0 Å². The Kier molecular flexibility index (Phi) is 3.82. The van der Waals surface area contributed by atoms with Crippen molar-refractivity contribution in [1.29, 1.82) is 0 Å². The molecule has 1 aromatic rings. The summed E-state index contributed by atoms with van der Waals surface area (Å²) in [6.45, 7) is 7.77. The van der Waals surface area contributed by atoms with Gasteiger partial charge in [0.25, 0.3) is 0 Å². The van der Waals surface area contributed by atoms with Crippen LogP contribution < -0.4 is 5.73 Å². The van der Waals surface area contributed by atoms with Crippen molar-refractivity contribution in [1.82, 2.24) is 0 Å². The van der Waals surface area contributed by atoms with Crippen LogP contribution in [0, 0.1) is 5.82 Å². The molecule has 0 bridgehead atoms. The van der Waals surface area contributed by atoms with Gasteiger partial charge in [0.1, 0.15) is 5.82 Å². The maximum absolute atomic E-state index is 13.9. The Morgan fingerprint density at radius 2 is 1.74 bits per heavy atom. The Labute approximate surface area is 121 Å². The van der Waals surface area contributed by atoms with Crippen LogP contribution >= 0.6 is 15.9 Å². The van der Waals surface area contributed by atoms with E-state index in [9.17, 15) is 4.39 Å². The standard InChI is InChI=1S/C13H18BBrFNO2/c1-12(2)13(3,4)19-14(18-12)11(17)9-6-5-8(15)7-10(9)16/h5-7,11H,17H2,1-4H3/t11-/m0/s1. The lowest BCUT2D eigenvalue weighted by Crippen LogP contribution is -2.41. The third-order valence-electron chi connectivity index (χ3n) is 3.89. The molecule has 2 N–H and O–H groups in total.